The topological polar surface area (TPSA) is 59.2 Å². The van der Waals surface area contributed by atoms with Gasteiger partial charge in [-0.25, -0.2) is 4.98 Å². The normalized spacial score (nSPS) is 16.7. The summed E-state index contributed by atoms with van der Waals surface area (Å²) in [4.78, 5) is 23.4. The van der Waals surface area contributed by atoms with Crippen LogP contribution in [-0.4, -0.2) is 27.3 Å². The smallest absolute Gasteiger partial charge is 0.416 e. The molecule has 0 aliphatic carbocycles. The standard InChI is InChI=1S/C23H22F3N3O2/c1-14-21(31-15(2)28-14)22(30)29-10-4-7-20(29)19-9-8-17(13-27-19)11-16-5-3-6-18(12-16)23(24,25)26/h3,5-6,8-9,12-13,20H,4,7,10-11H2,1-2H3/t20-/m1/s1. The first-order chi connectivity index (χ1) is 14.7. The number of halogens is 3. The van der Waals surface area contributed by atoms with Gasteiger partial charge in [-0.05, 0) is 49.4 Å². The van der Waals surface area contributed by atoms with Crippen LogP contribution < -0.4 is 0 Å². The Kier molecular flexibility index (Phi) is 5.56. The highest BCUT2D eigenvalue weighted by molar-refractivity contribution is 5.93. The Morgan fingerprint density at radius 1 is 1.19 bits per heavy atom. The Morgan fingerprint density at radius 2 is 2.00 bits per heavy atom. The lowest BCUT2D eigenvalue weighted by atomic mass is 10.0. The molecule has 1 amide bonds. The molecule has 3 aromatic rings. The van der Waals surface area contributed by atoms with Crippen molar-refractivity contribution in [2.24, 2.45) is 0 Å². The molecule has 5 nitrogen and oxygen atoms in total. The van der Waals surface area contributed by atoms with Crippen molar-refractivity contribution in [2.45, 2.75) is 45.3 Å². The quantitative estimate of drug-likeness (QED) is 0.567. The van der Waals surface area contributed by atoms with Gasteiger partial charge in [0.05, 0.1) is 23.0 Å². The first-order valence-corrected chi connectivity index (χ1v) is 10.1. The summed E-state index contributed by atoms with van der Waals surface area (Å²) in [6.07, 6.45) is -0.702. The van der Waals surface area contributed by atoms with Crippen LogP contribution in [0.15, 0.2) is 47.0 Å². The molecule has 1 aromatic carbocycles. The molecule has 1 aliphatic heterocycles. The minimum atomic E-state index is -4.36. The molecule has 0 unspecified atom stereocenters. The number of oxazole rings is 1. The van der Waals surface area contributed by atoms with E-state index in [0.717, 1.165) is 36.2 Å². The fourth-order valence-electron chi connectivity index (χ4n) is 4.01. The number of hydrogen-bond acceptors (Lipinski definition) is 4. The van der Waals surface area contributed by atoms with Crippen LogP contribution in [0.1, 0.15) is 63.4 Å². The third-order valence-electron chi connectivity index (χ3n) is 5.46. The molecule has 1 fully saturated rings. The number of rotatable bonds is 4. The highest BCUT2D eigenvalue weighted by Gasteiger charge is 2.34. The number of carbonyl (C=O) groups excluding carboxylic acids is 1. The highest BCUT2D eigenvalue weighted by Crippen LogP contribution is 2.33. The molecule has 0 radical (unpaired) electrons. The number of pyridine rings is 1. The second kappa shape index (κ2) is 8.17. The first-order valence-electron chi connectivity index (χ1n) is 10.1. The van der Waals surface area contributed by atoms with Crippen LogP contribution in [0, 0.1) is 13.8 Å². The van der Waals surface area contributed by atoms with E-state index < -0.39 is 11.7 Å². The third-order valence-corrected chi connectivity index (χ3v) is 5.46. The van der Waals surface area contributed by atoms with E-state index in [1.807, 2.05) is 12.1 Å². The van der Waals surface area contributed by atoms with E-state index in [-0.39, 0.29) is 17.7 Å². The Bertz CT molecular complexity index is 1090. The van der Waals surface area contributed by atoms with Crippen LogP contribution in [0.2, 0.25) is 0 Å². The summed E-state index contributed by atoms with van der Waals surface area (Å²) >= 11 is 0. The van der Waals surface area contributed by atoms with E-state index in [9.17, 15) is 18.0 Å². The summed E-state index contributed by atoms with van der Waals surface area (Å²) in [5.74, 6) is 0.509. The summed E-state index contributed by atoms with van der Waals surface area (Å²) in [5, 5.41) is 0. The number of aryl methyl sites for hydroxylation is 2. The number of nitrogens with zero attached hydrogens (tertiary/aromatic N) is 3. The molecule has 8 heteroatoms. The summed E-state index contributed by atoms with van der Waals surface area (Å²) in [7, 11) is 0. The van der Waals surface area contributed by atoms with Crippen LogP contribution in [-0.2, 0) is 12.6 Å². The molecular formula is C23H22F3N3O2. The fourth-order valence-corrected chi connectivity index (χ4v) is 4.01. The van der Waals surface area contributed by atoms with E-state index in [1.165, 1.54) is 6.07 Å². The lowest BCUT2D eigenvalue weighted by Crippen LogP contribution is -2.31. The number of aromatic nitrogens is 2. The maximum atomic E-state index is 13.0. The van der Waals surface area contributed by atoms with Gasteiger partial charge in [-0.1, -0.05) is 24.3 Å². The van der Waals surface area contributed by atoms with Crippen molar-refractivity contribution in [2.75, 3.05) is 6.54 Å². The molecular weight excluding hydrogens is 407 g/mol. The molecule has 31 heavy (non-hydrogen) atoms. The van der Waals surface area contributed by atoms with Crippen molar-refractivity contribution >= 4 is 5.91 Å². The number of benzene rings is 1. The van der Waals surface area contributed by atoms with Gasteiger partial charge < -0.3 is 9.32 Å². The Labute approximate surface area is 177 Å². The van der Waals surface area contributed by atoms with Crippen LogP contribution in [0.4, 0.5) is 13.2 Å². The minimum absolute atomic E-state index is 0.167. The molecule has 0 bridgehead atoms. The largest absolute Gasteiger partial charge is 0.436 e. The minimum Gasteiger partial charge on any atom is -0.436 e. The molecule has 1 saturated heterocycles. The number of carbonyl (C=O) groups is 1. The average molecular weight is 429 g/mol. The van der Waals surface area contributed by atoms with Crippen LogP contribution >= 0.6 is 0 Å². The van der Waals surface area contributed by atoms with Crippen LogP contribution in [0.3, 0.4) is 0 Å². The van der Waals surface area contributed by atoms with Gasteiger partial charge in [-0.2, -0.15) is 13.2 Å². The number of alkyl halides is 3. The van der Waals surface area contributed by atoms with Crippen LogP contribution in [0.5, 0.6) is 0 Å². The Morgan fingerprint density at radius 3 is 2.65 bits per heavy atom. The average Bonchev–Trinajstić information content (AvgIpc) is 3.34. The zero-order valence-corrected chi connectivity index (χ0v) is 17.2. The van der Waals surface area contributed by atoms with Gasteiger partial charge in [0, 0.05) is 19.7 Å². The van der Waals surface area contributed by atoms with Crippen molar-refractivity contribution in [3.8, 4) is 0 Å². The van der Waals surface area contributed by atoms with Gasteiger partial charge in [-0.15, -0.1) is 0 Å². The molecule has 0 saturated carbocycles. The van der Waals surface area contributed by atoms with E-state index in [4.69, 9.17) is 4.42 Å². The van der Waals surface area contributed by atoms with Gasteiger partial charge in [0.1, 0.15) is 0 Å². The van der Waals surface area contributed by atoms with Gasteiger partial charge in [0.2, 0.25) is 5.76 Å². The summed E-state index contributed by atoms with van der Waals surface area (Å²) in [6, 6.07) is 8.84. The van der Waals surface area contributed by atoms with Crippen molar-refractivity contribution < 1.29 is 22.4 Å². The molecule has 2 aromatic heterocycles. The van der Waals surface area contributed by atoms with E-state index in [0.29, 0.717) is 30.1 Å². The number of likely N-dealkylation sites (tertiary alicyclic amines) is 1. The summed E-state index contributed by atoms with van der Waals surface area (Å²) < 4.78 is 44.3. The number of amides is 1. The lowest BCUT2D eigenvalue weighted by molar-refractivity contribution is -0.137. The van der Waals surface area contributed by atoms with Gasteiger partial charge in [-0.3, -0.25) is 9.78 Å². The molecule has 4 rings (SSSR count). The molecule has 0 spiro atoms. The molecule has 0 N–H and O–H groups in total. The zero-order chi connectivity index (χ0) is 22.2. The van der Waals surface area contributed by atoms with Gasteiger partial charge >= 0.3 is 6.18 Å². The molecule has 1 aliphatic rings. The third kappa shape index (κ3) is 4.47. The second-order valence-electron chi connectivity index (χ2n) is 7.77. The zero-order valence-electron chi connectivity index (χ0n) is 17.2. The van der Waals surface area contributed by atoms with Crippen molar-refractivity contribution in [3.63, 3.8) is 0 Å². The van der Waals surface area contributed by atoms with E-state index in [1.54, 1.807) is 31.0 Å². The predicted molar refractivity (Wildman–Crippen MR) is 107 cm³/mol. The maximum absolute atomic E-state index is 13.0. The highest BCUT2D eigenvalue weighted by atomic mass is 19.4. The second-order valence-corrected chi connectivity index (χ2v) is 7.77. The monoisotopic (exact) mass is 429 g/mol. The van der Waals surface area contributed by atoms with Crippen molar-refractivity contribution in [1.29, 1.82) is 0 Å². The van der Waals surface area contributed by atoms with E-state index in [2.05, 4.69) is 9.97 Å². The lowest BCUT2D eigenvalue weighted by Gasteiger charge is -2.23. The summed E-state index contributed by atoms with van der Waals surface area (Å²) in [5.41, 5.74) is 2.04. The maximum Gasteiger partial charge on any atom is 0.416 e. The van der Waals surface area contributed by atoms with Crippen LogP contribution in [0.25, 0.3) is 0 Å². The van der Waals surface area contributed by atoms with Gasteiger partial charge in [0.15, 0.2) is 5.89 Å². The van der Waals surface area contributed by atoms with Crippen molar-refractivity contribution in [3.05, 3.63) is 82.3 Å². The fraction of sp³-hybridized carbons (Fsp3) is 0.348. The van der Waals surface area contributed by atoms with E-state index >= 15 is 0 Å². The predicted octanol–water partition coefficient (Wildman–Crippen LogP) is 5.27. The van der Waals surface area contributed by atoms with Gasteiger partial charge in [0.25, 0.3) is 5.91 Å². The Hall–Kier alpha value is -3.16. The number of hydrogen-bond donors (Lipinski definition) is 0. The molecule has 3 heterocycles. The SMILES string of the molecule is Cc1nc(C)c(C(=O)N2CCC[C@@H]2c2ccc(Cc3cccc(C(F)(F)F)c3)cn2)o1. The summed E-state index contributed by atoms with van der Waals surface area (Å²) in [6.45, 7) is 4.06. The van der Waals surface area contributed by atoms with Crippen molar-refractivity contribution in [1.82, 2.24) is 14.9 Å². The first kappa shape index (κ1) is 21.1. The molecule has 162 valence electrons. The Balaban J connectivity index is 1.50. The molecule has 1 atom stereocenters.